The minimum atomic E-state index is -0.979. The molecule has 1 N–H and O–H groups in total. The van der Waals surface area contributed by atoms with E-state index in [1.807, 2.05) is 6.92 Å². The Morgan fingerprint density at radius 3 is 2.44 bits per heavy atom. The molecule has 1 fully saturated rings. The number of rotatable bonds is 5. The third-order valence-electron chi connectivity index (χ3n) is 2.59. The maximum atomic E-state index is 11.4. The maximum absolute atomic E-state index is 11.4. The zero-order valence-corrected chi connectivity index (χ0v) is 9.14. The molecular formula is C10H15NO5. The van der Waals surface area contributed by atoms with E-state index in [1.54, 1.807) is 0 Å². The lowest BCUT2D eigenvalue weighted by molar-refractivity contribution is -0.239. The zero-order valence-electron chi connectivity index (χ0n) is 9.14. The van der Waals surface area contributed by atoms with E-state index in [1.165, 1.54) is 0 Å². The topological polar surface area (TPSA) is 83.9 Å². The smallest absolute Gasteiger partial charge is 0.299 e. The lowest BCUT2D eigenvalue weighted by Gasteiger charge is -2.22. The van der Waals surface area contributed by atoms with E-state index in [-0.39, 0.29) is 24.7 Å². The van der Waals surface area contributed by atoms with E-state index >= 15 is 0 Å². The van der Waals surface area contributed by atoms with Crippen LogP contribution in [0.3, 0.4) is 0 Å². The van der Waals surface area contributed by atoms with Crippen molar-refractivity contribution < 1.29 is 24.5 Å². The lowest BCUT2D eigenvalue weighted by Crippen LogP contribution is -2.45. The number of carbonyl (C=O) groups excluding carboxylic acids is 3. The summed E-state index contributed by atoms with van der Waals surface area (Å²) in [5, 5.41) is 8.34. The summed E-state index contributed by atoms with van der Waals surface area (Å²) in [6, 6.07) is -0.979. The summed E-state index contributed by atoms with van der Waals surface area (Å²) < 4.78 is 0. The maximum Gasteiger partial charge on any atom is 0.364 e. The number of carbonyl (C=O) groups is 3. The highest BCUT2D eigenvalue weighted by Gasteiger charge is 2.39. The highest BCUT2D eigenvalue weighted by Crippen LogP contribution is 2.19. The molecule has 90 valence electrons. The van der Waals surface area contributed by atoms with Gasteiger partial charge in [0.15, 0.2) is 0 Å². The van der Waals surface area contributed by atoms with Crippen molar-refractivity contribution in [3.63, 3.8) is 0 Å². The predicted octanol–water partition coefficient (Wildman–Crippen LogP) is 0.710. The van der Waals surface area contributed by atoms with Crippen LogP contribution in [0, 0.1) is 0 Å². The standard InChI is InChI=1S/C10H15NO5/c1-2-3-4-7(10(14)16-15)11-8(12)5-6-9(11)13/h7,15H,2-6H2,1H3. The Hall–Kier alpha value is -1.43. The summed E-state index contributed by atoms with van der Waals surface area (Å²) in [4.78, 5) is 38.7. The Morgan fingerprint density at radius 2 is 2.00 bits per heavy atom. The normalized spacial score (nSPS) is 17.8. The average molecular weight is 229 g/mol. The van der Waals surface area contributed by atoms with Crippen LogP contribution in [0.5, 0.6) is 0 Å². The SMILES string of the molecule is CCCCC(C(=O)OO)N1C(=O)CCC1=O. The van der Waals surface area contributed by atoms with Crippen LogP contribution in [0.1, 0.15) is 39.0 Å². The molecule has 1 aliphatic rings. The number of likely N-dealkylation sites (tertiary alicyclic amines) is 1. The fourth-order valence-electron chi connectivity index (χ4n) is 1.75. The number of hydrogen-bond donors (Lipinski definition) is 1. The summed E-state index contributed by atoms with van der Waals surface area (Å²) in [6.07, 6.45) is 2.08. The van der Waals surface area contributed by atoms with Gasteiger partial charge in [0.25, 0.3) is 0 Å². The number of amides is 2. The molecule has 0 aliphatic carbocycles. The Kier molecular flexibility index (Phi) is 4.42. The largest absolute Gasteiger partial charge is 0.364 e. The van der Waals surface area contributed by atoms with Crippen LogP contribution in [0.15, 0.2) is 0 Å². The second kappa shape index (κ2) is 5.60. The number of unbranched alkanes of at least 4 members (excludes halogenated alkanes) is 1. The molecule has 6 nitrogen and oxygen atoms in total. The van der Waals surface area contributed by atoms with Gasteiger partial charge in [-0.1, -0.05) is 19.8 Å². The monoisotopic (exact) mass is 229 g/mol. The molecule has 1 rings (SSSR count). The molecule has 1 unspecified atom stereocenters. The number of imide groups is 1. The van der Waals surface area contributed by atoms with Gasteiger partial charge in [0, 0.05) is 12.8 Å². The van der Waals surface area contributed by atoms with Crippen molar-refractivity contribution in [1.82, 2.24) is 4.90 Å². The predicted molar refractivity (Wildman–Crippen MR) is 53.1 cm³/mol. The van der Waals surface area contributed by atoms with E-state index in [9.17, 15) is 14.4 Å². The quantitative estimate of drug-likeness (QED) is 0.426. The van der Waals surface area contributed by atoms with E-state index < -0.39 is 12.0 Å². The Balaban J connectivity index is 2.78. The first-order chi connectivity index (χ1) is 7.61. The van der Waals surface area contributed by atoms with Gasteiger partial charge in [0.1, 0.15) is 6.04 Å². The van der Waals surface area contributed by atoms with Gasteiger partial charge in [-0.05, 0) is 6.42 Å². The summed E-state index contributed by atoms with van der Waals surface area (Å²) in [6.45, 7) is 1.93. The molecular weight excluding hydrogens is 214 g/mol. The second-order valence-corrected chi connectivity index (χ2v) is 3.73. The second-order valence-electron chi connectivity index (χ2n) is 3.73. The third kappa shape index (κ3) is 2.57. The van der Waals surface area contributed by atoms with Crippen molar-refractivity contribution in [2.45, 2.75) is 45.1 Å². The van der Waals surface area contributed by atoms with Crippen molar-refractivity contribution in [3.8, 4) is 0 Å². The molecule has 0 aromatic carbocycles. The van der Waals surface area contributed by atoms with Gasteiger partial charge in [-0.2, -0.15) is 5.26 Å². The number of nitrogens with zero attached hydrogens (tertiary/aromatic N) is 1. The molecule has 6 heteroatoms. The summed E-state index contributed by atoms with van der Waals surface area (Å²) >= 11 is 0. The zero-order chi connectivity index (χ0) is 12.1. The minimum Gasteiger partial charge on any atom is -0.299 e. The molecule has 1 saturated heterocycles. The van der Waals surface area contributed by atoms with Crippen LogP contribution < -0.4 is 0 Å². The molecule has 1 atom stereocenters. The molecule has 16 heavy (non-hydrogen) atoms. The van der Waals surface area contributed by atoms with E-state index in [0.717, 1.165) is 11.3 Å². The molecule has 0 aromatic rings. The molecule has 1 aliphatic heterocycles. The van der Waals surface area contributed by atoms with Crippen molar-refractivity contribution in [3.05, 3.63) is 0 Å². The molecule has 2 amide bonds. The van der Waals surface area contributed by atoms with E-state index in [4.69, 9.17) is 5.26 Å². The molecule has 1 heterocycles. The fraction of sp³-hybridized carbons (Fsp3) is 0.700. The van der Waals surface area contributed by atoms with Crippen LogP contribution in [0.4, 0.5) is 0 Å². The van der Waals surface area contributed by atoms with Crippen molar-refractivity contribution in [1.29, 1.82) is 0 Å². The minimum absolute atomic E-state index is 0.125. The van der Waals surface area contributed by atoms with E-state index in [2.05, 4.69) is 4.89 Å². The van der Waals surface area contributed by atoms with Crippen LogP contribution in [0.25, 0.3) is 0 Å². The number of hydrogen-bond acceptors (Lipinski definition) is 5. The van der Waals surface area contributed by atoms with Crippen molar-refractivity contribution in [2.75, 3.05) is 0 Å². The molecule has 0 saturated carbocycles. The molecule has 0 radical (unpaired) electrons. The highest BCUT2D eigenvalue weighted by molar-refractivity contribution is 6.04. The lowest BCUT2D eigenvalue weighted by atomic mass is 10.1. The molecule has 0 aromatic heterocycles. The van der Waals surface area contributed by atoms with Crippen molar-refractivity contribution >= 4 is 17.8 Å². The summed E-state index contributed by atoms with van der Waals surface area (Å²) in [5.41, 5.74) is 0. The highest BCUT2D eigenvalue weighted by atomic mass is 17.1. The Labute approximate surface area is 93.1 Å². The van der Waals surface area contributed by atoms with Crippen LogP contribution >= 0.6 is 0 Å². The Morgan fingerprint density at radius 1 is 1.44 bits per heavy atom. The fourth-order valence-corrected chi connectivity index (χ4v) is 1.75. The van der Waals surface area contributed by atoms with Gasteiger partial charge in [0.2, 0.25) is 11.8 Å². The van der Waals surface area contributed by atoms with Gasteiger partial charge in [0.05, 0.1) is 0 Å². The van der Waals surface area contributed by atoms with Gasteiger partial charge < -0.3 is 0 Å². The first-order valence-corrected chi connectivity index (χ1v) is 5.32. The van der Waals surface area contributed by atoms with Gasteiger partial charge in [-0.15, -0.1) is 0 Å². The van der Waals surface area contributed by atoms with Gasteiger partial charge in [-0.25, -0.2) is 4.79 Å². The summed E-state index contributed by atoms with van der Waals surface area (Å²) in [5.74, 6) is -1.70. The summed E-state index contributed by atoms with van der Waals surface area (Å²) in [7, 11) is 0. The van der Waals surface area contributed by atoms with Crippen LogP contribution in [0.2, 0.25) is 0 Å². The molecule has 0 bridgehead atoms. The van der Waals surface area contributed by atoms with E-state index in [0.29, 0.717) is 12.8 Å². The third-order valence-corrected chi connectivity index (χ3v) is 2.59. The Bertz CT molecular complexity index is 286. The first-order valence-electron chi connectivity index (χ1n) is 5.32. The van der Waals surface area contributed by atoms with Gasteiger partial charge in [-0.3, -0.25) is 19.4 Å². The average Bonchev–Trinajstić information content (AvgIpc) is 2.60. The van der Waals surface area contributed by atoms with Crippen LogP contribution in [-0.2, 0) is 19.3 Å². The molecule has 0 spiro atoms. The van der Waals surface area contributed by atoms with Crippen molar-refractivity contribution in [2.24, 2.45) is 0 Å². The first kappa shape index (κ1) is 12.6. The van der Waals surface area contributed by atoms with Gasteiger partial charge >= 0.3 is 5.97 Å². The van der Waals surface area contributed by atoms with Crippen LogP contribution in [-0.4, -0.2) is 34.0 Å².